The monoisotopic (exact) mass is 278 g/mol. The zero-order valence-corrected chi connectivity index (χ0v) is 15.5. The van der Waals surface area contributed by atoms with Crippen molar-refractivity contribution < 1.29 is 0 Å². The van der Waals surface area contributed by atoms with Crippen LogP contribution in [0.4, 0.5) is 0 Å². The van der Waals surface area contributed by atoms with Crippen molar-refractivity contribution in [1.82, 2.24) is 0 Å². The van der Waals surface area contributed by atoms with Crippen molar-refractivity contribution in [3.63, 3.8) is 0 Å². The third kappa shape index (κ3) is 36.0. The van der Waals surface area contributed by atoms with Gasteiger partial charge in [0.25, 0.3) is 0 Å². The Morgan fingerprint density at radius 2 is 1.30 bits per heavy atom. The summed E-state index contributed by atoms with van der Waals surface area (Å²) in [6.45, 7) is 22.5. The van der Waals surface area contributed by atoms with Gasteiger partial charge in [0.15, 0.2) is 0 Å². The minimum Gasteiger partial charge on any atom is -0.103 e. The molecule has 0 bridgehead atoms. The highest BCUT2D eigenvalue weighted by molar-refractivity contribution is 5.00. The number of allylic oxidation sites excluding steroid dienone is 7. The summed E-state index contributed by atoms with van der Waals surface area (Å²) in [5.41, 5.74) is 4.28. The molecule has 0 aliphatic heterocycles. The Labute approximate surface area is 129 Å². The van der Waals surface area contributed by atoms with Gasteiger partial charge in [0.2, 0.25) is 0 Å². The molecule has 0 atom stereocenters. The molecule has 0 nitrogen and oxygen atoms in total. The first-order valence-corrected chi connectivity index (χ1v) is 7.68. The molecule has 0 aliphatic rings. The van der Waals surface area contributed by atoms with E-state index in [1.54, 1.807) is 0 Å². The Kier molecular flexibility index (Phi) is 21.6. The summed E-state index contributed by atoms with van der Waals surface area (Å²) >= 11 is 0. The van der Waals surface area contributed by atoms with Crippen molar-refractivity contribution >= 4 is 0 Å². The molecule has 0 unspecified atom stereocenters. The standard InChI is InChI=1S/C10H18.2C5H10/c1-5-10(4)8-6-7-9(2)3;2*1-4-5(2)3/h5,7H,6,8H2,1-4H3;4H,1-3H3;4-5H,1H2,2-3H3/b10-5+;;. The van der Waals surface area contributed by atoms with E-state index in [1.165, 1.54) is 29.6 Å². The lowest BCUT2D eigenvalue weighted by Gasteiger charge is -1.95. The van der Waals surface area contributed by atoms with Gasteiger partial charge < -0.3 is 0 Å². The Bertz CT molecular complexity index is 290. The van der Waals surface area contributed by atoms with Gasteiger partial charge in [-0.2, -0.15) is 0 Å². The van der Waals surface area contributed by atoms with E-state index in [2.05, 4.69) is 80.2 Å². The van der Waals surface area contributed by atoms with Crippen LogP contribution in [0.2, 0.25) is 0 Å². The molecule has 0 amide bonds. The molecule has 118 valence electrons. The summed E-state index contributed by atoms with van der Waals surface area (Å²) in [6, 6.07) is 0. The molecule has 0 radical (unpaired) electrons. The van der Waals surface area contributed by atoms with Crippen LogP contribution in [-0.4, -0.2) is 0 Å². The van der Waals surface area contributed by atoms with Gasteiger partial charge in [0.05, 0.1) is 0 Å². The lowest BCUT2D eigenvalue weighted by Crippen LogP contribution is -1.74. The molecule has 0 aromatic carbocycles. The molecule has 0 fully saturated rings. The summed E-state index contributed by atoms with van der Waals surface area (Å²) in [7, 11) is 0. The molecule has 0 spiro atoms. The smallest absolute Gasteiger partial charge is 0.0288 e. The zero-order valence-electron chi connectivity index (χ0n) is 15.5. The minimum atomic E-state index is 0.648. The second kappa shape index (κ2) is 18.0. The second-order valence-electron chi connectivity index (χ2n) is 5.80. The lowest BCUT2D eigenvalue weighted by molar-refractivity contribution is 0.835. The van der Waals surface area contributed by atoms with Gasteiger partial charge in [0.1, 0.15) is 0 Å². The van der Waals surface area contributed by atoms with Gasteiger partial charge in [-0.1, -0.05) is 54.9 Å². The van der Waals surface area contributed by atoms with E-state index in [-0.39, 0.29) is 0 Å². The van der Waals surface area contributed by atoms with Gasteiger partial charge in [-0.25, -0.2) is 0 Å². The van der Waals surface area contributed by atoms with E-state index >= 15 is 0 Å². The van der Waals surface area contributed by atoms with Gasteiger partial charge in [-0.15, -0.1) is 6.58 Å². The van der Waals surface area contributed by atoms with Crippen molar-refractivity contribution in [1.29, 1.82) is 0 Å². The summed E-state index contributed by atoms with van der Waals surface area (Å²) < 4.78 is 0. The van der Waals surface area contributed by atoms with Crippen LogP contribution in [0, 0.1) is 5.92 Å². The maximum atomic E-state index is 3.56. The molecular formula is C20H38. The van der Waals surface area contributed by atoms with Crippen LogP contribution >= 0.6 is 0 Å². The Morgan fingerprint density at radius 1 is 0.900 bits per heavy atom. The molecule has 0 rings (SSSR count). The molecule has 0 aromatic rings. The van der Waals surface area contributed by atoms with E-state index in [0.717, 1.165) is 0 Å². The van der Waals surface area contributed by atoms with Crippen LogP contribution < -0.4 is 0 Å². The summed E-state index contributed by atoms with van der Waals surface area (Å²) in [5, 5.41) is 0. The molecule has 0 aliphatic carbocycles. The Balaban J connectivity index is -0.000000244. The Morgan fingerprint density at radius 3 is 1.50 bits per heavy atom. The molecule has 0 saturated carbocycles. The first-order chi connectivity index (χ1) is 9.20. The van der Waals surface area contributed by atoms with Crippen LogP contribution in [0.5, 0.6) is 0 Å². The first-order valence-electron chi connectivity index (χ1n) is 7.68. The summed E-state index contributed by atoms with van der Waals surface area (Å²) in [4.78, 5) is 0. The number of hydrogen-bond donors (Lipinski definition) is 0. The van der Waals surface area contributed by atoms with Crippen molar-refractivity contribution in [3.05, 3.63) is 47.6 Å². The summed E-state index contributed by atoms with van der Waals surface area (Å²) in [5.74, 6) is 0.648. The minimum absolute atomic E-state index is 0.648. The third-order valence-corrected chi connectivity index (χ3v) is 2.63. The molecule has 0 N–H and O–H groups in total. The fraction of sp³-hybridized carbons (Fsp3) is 0.600. The maximum absolute atomic E-state index is 3.56. The predicted molar refractivity (Wildman–Crippen MR) is 98.2 cm³/mol. The third-order valence-electron chi connectivity index (χ3n) is 2.63. The highest BCUT2D eigenvalue weighted by atomic mass is 13.9. The molecule has 0 heterocycles. The molecule has 0 heteroatoms. The van der Waals surface area contributed by atoms with E-state index < -0.39 is 0 Å². The quantitative estimate of drug-likeness (QED) is 0.467. The zero-order chi connectivity index (χ0) is 16.6. The molecular weight excluding hydrogens is 240 g/mol. The maximum Gasteiger partial charge on any atom is -0.0288 e. The second-order valence-corrected chi connectivity index (χ2v) is 5.80. The largest absolute Gasteiger partial charge is 0.103 e. The van der Waals surface area contributed by atoms with E-state index in [1.807, 2.05) is 13.0 Å². The van der Waals surface area contributed by atoms with Crippen LogP contribution in [0.15, 0.2) is 47.6 Å². The van der Waals surface area contributed by atoms with Crippen LogP contribution in [-0.2, 0) is 0 Å². The lowest BCUT2D eigenvalue weighted by atomic mass is 10.1. The molecule has 0 aromatic heterocycles. The van der Waals surface area contributed by atoms with Crippen LogP contribution in [0.25, 0.3) is 0 Å². The highest BCUT2D eigenvalue weighted by Gasteiger charge is 1.84. The van der Waals surface area contributed by atoms with Gasteiger partial charge in [-0.05, 0) is 67.2 Å². The van der Waals surface area contributed by atoms with Gasteiger partial charge >= 0.3 is 0 Å². The van der Waals surface area contributed by atoms with E-state index in [0.29, 0.717) is 5.92 Å². The van der Waals surface area contributed by atoms with Crippen LogP contribution in [0.3, 0.4) is 0 Å². The summed E-state index contributed by atoms with van der Waals surface area (Å²) in [6.07, 6.45) is 10.9. The fourth-order valence-corrected chi connectivity index (χ4v) is 0.733. The van der Waals surface area contributed by atoms with Crippen molar-refractivity contribution in [2.45, 2.75) is 75.2 Å². The number of hydrogen-bond acceptors (Lipinski definition) is 0. The van der Waals surface area contributed by atoms with E-state index in [4.69, 9.17) is 0 Å². The average molecular weight is 279 g/mol. The van der Waals surface area contributed by atoms with Crippen molar-refractivity contribution in [2.75, 3.05) is 0 Å². The normalized spacial score (nSPS) is 9.60. The Hall–Kier alpha value is -1.04. The number of rotatable bonds is 4. The average Bonchev–Trinajstić information content (AvgIpc) is 2.39. The molecule has 20 heavy (non-hydrogen) atoms. The molecule has 0 saturated heterocycles. The SMILES string of the molecule is C/C=C(\C)CCC=C(C)C.C=CC(C)C.CC=C(C)C. The van der Waals surface area contributed by atoms with Gasteiger partial charge in [-0.3, -0.25) is 0 Å². The fourth-order valence-electron chi connectivity index (χ4n) is 0.733. The van der Waals surface area contributed by atoms with Gasteiger partial charge in [0, 0.05) is 0 Å². The van der Waals surface area contributed by atoms with Crippen LogP contribution in [0.1, 0.15) is 75.2 Å². The van der Waals surface area contributed by atoms with Crippen molar-refractivity contribution in [2.24, 2.45) is 5.92 Å². The predicted octanol–water partition coefficient (Wildman–Crippen LogP) is 7.50. The first kappa shape index (κ1) is 24.0. The highest BCUT2D eigenvalue weighted by Crippen LogP contribution is 2.05. The van der Waals surface area contributed by atoms with E-state index in [9.17, 15) is 0 Å². The van der Waals surface area contributed by atoms with Crippen molar-refractivity contribution in [3.8, 4) is 0 Å². The topological polar surface area (TPSA) is 0 Å².